The van der Waals surface area contributed by atoms with E-state index in [-0.39, 0.29) is 12.0 Å². The van der Waals surface area contributed by atoms with Crippen LogP contribution in [0.15, 0.2) is 18.2 Å². The van der Waals surface area contributed by atoms with Gasteiger partial charge in [0.15, 0.2) is 0 Å². The number of carbonyl (C=O) groups excluding carboxylic acids is 1. The lowest BCUT2D eigenvalue weighted by atomic mass is 10.0. The summed E-state index contributed by atoms with van der Waals surface area (Å²) in [5.74, 6) is 0.821. The minimum atomic E-state index is -0.0962. The van der Waals surface area contributed by atoms with Crippen LogP contribution in [-0.2, 0) is 16.1 Å². The summed E-state index contributed by atoms with van der Waals surface area (Å²) in [5, 5.41) is 0. The summed E-state index contributed by atoms with van der Waals surface area (Å²) in [6.07, 6.45) is 3.14. The van der Waals surface area contributed by atoms with Crippen LogP contribution < -0.4 is 4.74 Å². The highest BCUT2D eigenvalue weighted by atomic mass is 16.5. The van der Waals surface area contributed by atoms with Crippen LogP contribution >= 0.6 is 0 Å². The Morgan fingerprint density at radius 2 is 2.19 bits per heavy atom. The molecule has 1 fully saturated rings. The third-order valence-corrected chi connectivity index (χ3v) is 4.02. The summed E-state index contributed by atoms with van der Waals surface area (Å²) >= 11 is 0. The van der Waals surface area contributed by atoms with Crippen molar-refractivity contribution in [1.82, 2.24) is 4.90 Å². The van der Waals surface area contributed by atoms with Gasteiger partial charge >= 0.3 is 5.97 Å². The monoisotopic (exact) mass is 291 g/mol. The average Bonchev–Trinajstić information content (AvgIpc) is 2.48. The first kappa shape index (κ1) is 15.8. The number of aryl methyl sites for hydroxylation is 1. The Morgan fingerprint density at radius 1 is 1.38 bits per heavy atom. The Morgan fingerprint density at radius 3 is 2.86 bits per heavy atom. The number of nitrogens with zero attached hydrogens (tertiary/aromatic N) is 1. The average molecular weight is 291 g/mol. The van der Waals surface area contributed by atoms with Gasteiger partial charge in [-0.15, -0.1) is 0 Å². The van der Waals surface area contributed by atoms with Gasteiger partial charge in [0.05, 0.1) is 13.7 Å². The fourth-order valence-corrected chi connectivity index (χ4v) is 2.96. The first-order valence-corrected chi connectivity index (χ1v) is 7.70. The van der Waals surface area contributed by atoms with E-state index in [1.165, 1.54) is 5.56 Å². The molecule has 1 heterocycles. The van der Waals surface area contributed by atoms with E-state index in [0.29, 0.717) is 6.61 Å². The molecule has 0 saturated carbocycles. The number of hydrogen-bond acceptors (Lipinski definition) is 4. The number of rotatable bonds is 5. The normalized spacial score (nSPS) is 19.3. The molecule has 0 aromatic heterocycles. The minimum Gasteiger partial charge on any atom is -0.496 e. The molecule has 1 saturated heterocycles. The Balaban J connectivity index is 2.08. The van der Waals surface area contributed by atoms with Crippen molar-refractivity contribution in [1.29, 1.82) is 0 Å². The molecule has 0 radical (unpaired) electrons. The maximum absolute atomic E-state index is 12.1. The predicted molar refractivity (Wildman–Crippen MR) is 82.4 cm³/mol. The number of ether oxygens (including phenoxy) is 2. The molecule has 1 aliphatic rings. The van der Waals surface area contributed by atoms with Gasteiger partial charge in [-0.2, -0.15) is 0 Å². The van der Waals surface area contributed by atoms with Gasteiger partial charge in [-0.3, -0.25) is 9.69 Å². The SMILES string of the molecule is CCOC(=O)[C@H]1CCCCN1Cc1ccc(OC)c(C)c1. The second-order valence-corrected chi connectivity index (χ2v) is 5.54. The number of benzene rings is 1. The smallest absolute Gasteiger partial charge is 0.323 e. The van der Waals surface area contributed by atoms with Gasteiger partial charge < -0.3 is 9.47 Å². The largest absolute Gasteiger partial charge is 0.496 e. The number of piperidine rings is 1. The highest BCUT2D eigenvalue weighted by molar-refractivity contribution is 5.75. The summed E-state index contributed by atoms with van der Waals surface area (Å²) < 4.78 is 10.5. The number of likely N-dealkylation sites (tertiary alicyclic amines) is 1. The molecule has 0 bridgehead atoms. The van der Waals surface area contributed by atoms with E-state index in [1.807, 2.05) is 19.9 Å². The van der Waals surface area contributed by atoms with Crippen molar-refractivity contribution in [3.63, 3.8) is 0 Å². The van der Waals surface area contributed by atoms with Crippen LogP contribution in [-0.4, -0.2) is 37.2 Å². The lowest BCUT2D eigenvalue weighted by Gasteiger charge is -2.34. The highest BCUT2D eigenvalue weighted by Crippen LogP contribution is 2.23. The first-order chi connectivity index (χ1) is 10.2. The minimum absolute atomic E-state index is 0.0811. The maximum atomic E-state index is 12.1. The molecule has 4 heteroatoms. The van der Waals surface area contributed by atoms with Crippen molar-refractivity contribution >= 4 is 5.97 Å². The molecular weight excluding hydrogens is 266 g/mol. The fourth-order valence-electron chi connectivity index (χ4n) is 2.96. The molecule has 0 amide bonds. The second kappa shape index (κ2) is 7.46. The molecule has 2 rings (SSSR count). The van der Waals surface area contributed by atoms with Crippen molar-refractivity contribution in [2.45, 2.75) is 45.7 Å². The second-order valence-electron chi connectivity index (χ2n) is 5.54. The molecule has 0 aliphatic carbocycles. The lowest BCUT2D eigenvalue weighted by Crippen LogP contribution is -2.44. The maximum Gasteiger partial charge on any atom is 0.323 e. The lowest BCUT2D eigenvalue weighted by molar-refractivity contribution is -0.151. The predicted octanol–water partition coefficient (Wildman–Crippen LogP) is 2.92. The Kier molecular flexibility index (Phi) is 5.62. The van der Waals surface area contributed by atoms with Gasteiger partial charge in [-0.1, -0.05) is 18.6 Å². The van der Waals surface area contributed by atoms with Crippen LogP contribution in [0.1, 0.15) is 37.3 Å². The van der Waals surface area contributed by atoms with Crippen LogP contribution in [0, 0.1) is 6.92 Å². The van der Waals surface area contributed by atoms with E-state index >= 15 is 0 Å². The van der Waals surface area contributed by atoms with Gasteiger partial charge in [0, 0.05) is 6.54 Å². The van der Waals surface area contributed by atoms with Crippen LogP contribution in [0.5, 0.6) is 5.75 Å². The van der Waals surface area contributed by atoms with Gasteiger partial charge in [-0.05, 0) is 50.4 Å². The molecule has 1 aliphatic heterocycles. The van der Waals surface area contributed by atoms with Gasteiger partial charge in [0.2, 0.25) is 0 Å². The van der Waals surface area contributed by atoms with E-state index in [1.54, 1.807) is 7.11 Å². The van der Waals surface area contributed by atoms with Crippen molar-refractivity contribution < 1.29 is 14.3 Å². The Labute approximate surface area is 127 Å². The first-order valence-electron chi connectivity index (χ1n) is 7.70. The summed E-state index contributed by atoms with van der Waals surface area (Å²) in [7, 11) is 1.68. The van der Waals surface area contributed by atoms with E-state index in [9.17, 15) is 4.79 Å². The molecule has 116 valence electrons. The molecule has 0 spiro atoms. The Hall–Kier alpha value is -1.55. The summed E-state index contributed by atoms with van der Waals surface area (Å²) in [6, 6.07) is 6.10. The zero-order valence-electron chi connectivity index (χ0n) is 13.2. The quantitative estimate of drug-likeness (QED) is 0.782. The van der Waals surface area contributed by atoms with Crippen molar-refractivity contribution in [2.75, 3.05) is 20.3 Å². The molecule has 1 aromatic carbocycles. The van der Waals surface area contributed by atoms with E-state index in [0.717, 1.165) is 43.7 Å². The zero-order chi connectivity index (χ0) is 15.2. The Bertz CT molecular complexity index is 487. The van der Waals surface area contributed by atoms with E-state index < -0.39 is 0 Å². The standard InChI is InChI=1S/C17H25NO3/c1-4-21-17(19)15-7-5-6-10-18(15)12-14-8-9-16(20-3)13(2)11-14/h8-9,11,15H,4-7,10,12H2,1-3H3/t15-/m1/s1. The van der Waals surface area contributed by atoms with Gasteiger partial charge in [-0.25, -0.2) is 0 Å². The number of esters is 1. The fraction of sp³-hybridized carbons (Fsp3) is 0.588. The molecule has 0 N–H and O–H groups in total. The molecular formula is C17H25NO3. The number of hydrogen-bond donors (Lipinski definition) is 0. The van der Waals surface area contributed by atoms with Crippen molar-refractivity contribution in [2.24, 2.45) is 0 Å². The summed E-state index contributed by atoms with van der Waals surface area (Å²) in [5.41, 5.74) is 2.34. The number of methoxy groups -OCH3 is 1. The summed E-state index contributed by atoms with van der Waals surface area (Å²) in [6.45, 7) is 6.09. The van der Waals surface area contributed by atoms with Gasteiger partial charge in [0.25, 0.3) is 0 Å². The van der Waals surface area contributed by atoms with Crippen molar-refractivity contribution in [3.05, 3.63) is 29.3 Å². The molecule has 1 aromatic rings. The van der Waals surface area contributed by atoms with Crippen LogP contribution in [0.25, 0.3) is 0 Å². The third-order valence-electron chi connectivity index (χ3n) is 4.02. The van der Waals surface area contributed by atoms with E-state index in [2.05, 4.69) is 17.0 Å². The molecule has 1 atom stereocenters. The van der Waals surface area contributed by atoms with Crippen LogP contribution in [0.3, 0.4) is 0 Å². The molecule has 0 unspecified atom stereocenters. The van der Waals surface area contributed by atoms with Crippen LogP contribution in [0.4, 0.5) is 0 Å². The third kappa shape index (κ3) is 3.97. The van der Waals surface area contributed by atoms with Crippen LogP contribution in [0.2, 0.25) is 0 Å². The number of carbonyl (C=O) groups is 1. The topological polar surface area (TPSA) is 38.8 Å². The highest BCUT2D eigenvalue weighted by Gasteiger charge is 2.29. The molecule has 21 heavy (non-hydrogen) atoms. The summed E-state index contributed by atoms with van der Waals surface area (Å²) in [4.78, 5) is 14.3. The van der Waals surface area contributed by atoms with Crippen molar-refractivity contribution in [3.8, 4) is 5.75 Å². The zero-order valence-corrected chi connectivity index (χ0v) is 13.2. The van der Waals surface area contributed by atoms with Gasteiger partial charge in [0.1, 0.15) is 11.8 Å². The van der Waals surface area contributed by atoms with E-state index in [4.69, 9.17) is 9.47 Å². The molecule has 4 nitrogen and oxygen atoms in total.